The third kappa shape index (κ3) is 1.99. The van der Waals surface area contributed by atoms with Crippen LogP contribution in [0, 0.1) is 0 Å². The molecule has 2 nitrogen and oxygen atoms in total. The maximum Gasteiger partial charge on any atom is 0.115 e. The van der Waals surface area contributed by atoms with Gasteiger partial charge in [-0.05, 0) is 15.9 Å². The van der Waals surface area contributed by atoms with Crippen LogP contribution in [0.3, 0.4) is 0 Å². The number of halogens is 1. The summed E-state index contributed by atoms with van der Waals surface area (Å²) in [6, 6.07) is 0. The van der Waals surface area contributed by atoms with Crippen LogP contribution < -0.4 is 0 Å². The fourth-order valence-corrected chi connectivity index (χ4v) is 1.68. The molecule has 0 aromatic carbocycles. The Kier molecular flexibility index (Phi) is 2.28. The molecule has 0 aliphatic rings. The summed E-state index contributed by atoms with van der Waals surface area (Å²) in [5, 5.41) is 0. The first kappa shape index (κ1) is 8.65. The van der Waals surface area contributed by atoms with Crippen LogP contribution in [0.25, 0.3) is 0 Å². The highest BCUT2D eigenvalue weighted by Crippen LogP contribution is 2.25. The lowest BCUT2D eigenvalue weighted by Crippen LogP contribution is -2.14. The zero-order chi connectivity index (χ0) is 8.48. The molecule has 11 heavy (non-hydrogen) atoms. The van der Waals surface area contributed by atoms with Gasteiger partial charge in [-0.15, -0.1) is 0 Å². The second kappa shape index (κ2) is 2.89. The summed E-state index contributed by atoms with van der Waals surface area (Å²) < 4.78 is 0.979. The van der Waals surface area contributed by atoms with Gasteiger partial charge in [0.15, 0.2) is 0 Å². The smallest absolute Gasteiger partial charge is 0.115 e. The molecule has 1 heterocycles. The van der Waals surface area contributed by atoms with Crippen molar-refractivity contribution in [2.75, 3.05) is 0 Å². The normalized spacial score (nSPS) is 11.6. The zero-order valence-corrected chi connectivity index (χ0v) is 8.51. The minimum absolute atomic E-state index is 0.0851. The molecule has 0 aliphatic heterocycles. The Morgan fingerprint density at radius 3 is 2.36 bits per heavy atom. The Balaban J connectivity index is 3.14. The highest BCUT2D eigenvalue weighted by molar-refractivity contribution is 9.10. The average Bonchev–Trinajstić information content (AvgIpc) is 1.86. The average molecular weight is 215 g/mol. The molecule has 60 valence electrons. The van der Waals surface area contributed by atoms with E-state index >= 15 is 0 Å². The van der Waals surface area contributed by atoms with Crippen LogP contribution in [0.5, 0.6) is 0 Å². The fourth-order valence-electron chi connectivity index (χ4n) is 0.865. The first-order chi connectivity index (χ1) is 5.02. The van der Waals surface area contributed by atoms with Gasteiger partial charge in [0.1, 0.15) is 6.33 Å². The Bertz CT molecular complexity index is 253. The summed E-state index contributed by atoms with van der Waals surface area (Å²) in [6.45, 7) is 6.38. The van der Waals surface area contributed by atoms with E-state index in [0.29, 0.717) is 0 Å². The number of rotatable bonds is 0. The summed E-state index contributed by atoms with van der Waals surface area (Å²) in [5.41, 5.74) is 1.13. The molecule has 0 amide bonds. The van der Waals surface area contributed by atoms with Crippen molar-refractivity contribution in [2.45, 2.75) is 26.2 Å². The summed E-state index contributed by atoms with van der Waals surface area (Å²) in [5.74, 6) is 0. The van der Waals surface area contributed by atoms with E-state index in [2.05, 4.69) is 46.7 Å². The van der Waals surface area contributed by atoms with Crippen LogP contribution in [0.2, 0.25) is 0 Å². The third-order valence-corrected chi connectivity index (χ3v) is 1.96. The molecule has 0 fully saturated rings. The van der Waals surface area contributed by atoms with Crippen molar-refractivity contribution < 1.29 is 0 Å². The maximum absolute atomic E-state index is 4.19. The van der Waals surface area contributed by atoms with E-state index in [1.165, 1.54) is 0 Å². The van der Waals surface area contributed by atoms with Gasteiger partial charge in [-0.1, -0.05) is 20.8 Å². The van der Waals surface area contributed by atoms with Crippen molar-refractivity contribution in [1.29, 1.82) is 0 Å². The molecule has 0 atom stereocenters. The lowest BCUT2D eigenvalue weighted by Gasteiger charge is -2.18. The molecule has 0 N–H and O–H groups in total. The maximum atomic E-state index is 4.19. The van der Waals surface area contributed by atoms with Crippen molar-refractivity contribution in [3.63, 3.8) is 0 Å². The summed E-state index contributed by atoms with van der Waals surface area (Å²) in [7, 11) is 0. The molecule has 0 unspecified atom stereocenters. The Morgan fingerprint density at radius 1 is 1.36 bits per heavy atom. The summed E-state index contributed by atoms with van der Waals surface area (Å²) in [4.78, 5) is 8.09. The Hall–Kier alpha value is -0.440. The van der Waals surface area contributed by atoms with Gasteiger partial charge in [-0.2, -0.15) is 0 Å². The minimum Gasteiger partial charge on any atom is -0.244 e. The van der Waals surface area contributed by atoms with Crippen LogP contribution in [0.4, 0.5) is 0 Å². The predicted octanol–water partition coefficient (Wildman–Crippen LogP) is 2.54. The number of hydrogen-bond donors (Lipinski definition) is 0. The third-order valence-electron chi connectivity index (χ3n) is 1.38. The Morgan fingerprint density at radius 2 is 2.00 bits per heavy atom. The van der Waals surface area contributed by atoms with E-state index < -0.39 is 0 Å². The lowest BCUT2D eigenvalue weighted by molar-refractivity contribution is 0.563. The van der Waals surface area contributed by atoms with Gasteiger partial charge in [-0.3, -0.25) is 0 Å². The molecule has 1 rings (SSSR count). The van der Waals surface area contributed by atoms with E-state index in [4.69, 9.17) is 0 Å². The SMILES string of the molecule is CC(C)(C)c1ncncc1Br. The molecule has 0 saturated heterocycles. The number of hydrogen-bond acceptors (Lipinski definition) is 2. The van der Waals surface area contributed by atoms with Gasteiger partial charge in [0, 0.05) is 11.6 Å². The van der Waals surface area contributed by atoms with Crippen LogP contribution >= 0.6 is 15.9 Å². The number of aromatic nitrogens is 2. The van der Waals surface area contributed by atoms with Gasteiger partial charge in [-0.25, -0.2) is 9.97 Å². The fraction of sp³-hybridized carbons (Fsp3) is 0.500. The molecule has 0 radical (unpaired) electrons. The molecular formula is C8H11BrN2. The van der Waals surface area contributed by atoms with Crippen molar-refractivity contribution in [2.24, 2.45) is 0 Å². The van der Waals surface area contributed by atoms with E-state index in [9.17, 15) is 0 Å². The van der Waals surface area contributed by atoms with E-state index in [0.717, 1.165) is 10.2 Å². The van der Waals surface area contributed by atoms with Crippen molar-refractivity contribution in [1.82, 2.24) is 9.97 Å². The van der Waals surface area contributed by atoms with Crippen molar-refractivity contribution >= 4 is 15.9 Å². The molecule has 0 saturated carbocycles. The highest BCUT2D eigenvalue weighted by Gasteiger charge is 2.17. The van der Waals surface area contributed by atoms with Crippen molar-refractivity contribution in [3.05, 3.63) is 22.7 Å². The molecule has 1 aromatic rings. The number of nitrogens with zero attached hydrogens (tertiary/aromatic N) is 2. The van der Waals surface area contributed by atoms with Gasteiger partial charge >= 0.3 is 0 Å². The topological polar surface area (TPSA) is 25.8 Å². The molecule has 3 heteroatoms. The van der Waals surface area contributed by atoms with Gasteiger partial charge in [0.05, 0.1) is 10.2 Å². The van der Waals surface area contributed by atoms with Gasteiger partial charge in [0.25, 0.3) is 0 Å². The van der Waals surface area contributed by atoms with E-state index in [1.54, 1.807) is 12.5 Å². The summed E-state index contributed by atoms with van der Waals surface area (Å²) in [6.07, 6.45) is 3.35. The molecule has 0 aliphatic carbocycles. The molecule has 0 bridgehead atoms. The second-order valence-corrected chi connectivity index (χ2v) is 4.32. The monoisotopic (exact) mass is 214 g/mol. The lowest BCUT2D eigenvalue weighted by atomic mass is 9.92. The first-order valence-corrected chi connectivity index (χ1v) is 4.27. The van der Waals surface area contributed by atoms with Crippen LogP contribution in [0.15, 0.2) is 17.0 Å². The molecular weight excluding hydrogens is 204 g/mol. The van der Waals surface area contributed by atoms with Crippen LogP contribution in [-0.2, 0) is 5.41 Å². The molecule has 0 spiro atoms. The largest absolute Gasteiger partial charge is 0.244 e. The molecule has 1 aromatic heterocycles. The summed E-state index contributed by atoms with van der Waals surface area (Å²) >= 11 is 3.41. The minimum atomic E-state index is 0.0851. The van der Waals surface area contributed by atoms with Crippen LogP contribution in [-0.4, -0.2) is 9.97 Å². The van der Waals surface area contributed by atoms with Gasteiger partial charge in [0.2, 0.25) is 0 Å². The van der Waals surface area contributed by atoms with E-state index in [-0.39, 0.29) is 5.41 Å². The van der Waals surface area contributed by atoms with Crippen LogP contribution in [0.1, 0.15) is 26.5 Å². The van der Waals surface area contributed by atoms with Gasteiger partial charge < -0.3 is 0 Å². The standard InChI is InChI=1S/C8H11BrN2/c1-8(2,3)7-6(9)4-10-5-11-7/h4-5H,1-3H3. The second-order valence-electron chi connectivity index (χ2n) is 3.47. The first-order valence-electron chi connectivity index (χ1n) is 3.48. The highest BCUT2D eigenvalue weighted by atomic mass is 79.9. The van der Waals surface area contributed by atoms with E-state index in [1.807, 2.05) is 0 Å². The zero-order valence-electron chi connectivity index (χ0n) is 6.93. The predicted molar refractivity (Wildman–Crippen MR) is 48.4 cm³/mol. The quantitative estimate of drug-likeness (QED) is 0.664. The Labute approximate surface area is 75.2 Å². The van der Waals surface area contributed by atoms with Crippen molar-refractivity contribution in [3.8, 4) is 0 Å².